The van der Waals surface area contributed by atoms with E-state index in [4.69, 9.17) is 18.5 Å². The highest BCUT2D eigenvalue weighted by molar-refractivity contribution is 7.45. The van der Waals surface area contributed by atoms with Gasteiger partial charge in [-0.2, -0.15) is 0 Å². The molecule has 0 saturated carbocycles. The van der Waals surface area contributed by atoms with Crippen molar-refractivity contribution < 1.29 is 42.1 Å². The standard InChI is InChI=1S/C51H94NO8P/c1-6-8-10-12-14-16-18-20-21-22-23-24-25-26-27-28-29-30-32-33-35-37-39-41-43-50(53)57-47-49(48-59-61(55,56)58-46-45-52(3,4)5)60-51(54)44-42-40-38-36-34-31-19-17-15-13-11-9-7-2/h9,11,15,17,31,34,38,40,49H,6-8,10,12-14,16,18-30,32-33,35-37,39,41-48H2,1-5H3/b11-9-,17-15-,34-31-,40-38-. The van der Waals surface area contributed by atoms with E-state index in [0.717, 1.165) is 44.9 Å². The van der Waals surface area contributed by atoms with E-state index < -0.39 is 32.5 Å². The minimum Gasteiger partial charge on any atom is -0.756 e. The Bertz CT molecular complexity index is 1180. The molecule has 0 spiro atoms. The molecule has 0 N–H and O–H groups in total. The normalized spacial score (nSPS) is 13.9. The Labute approximate surface area is 375 Å². The van der Waals surface area contributed by atoms with E-state index in [9.17, 15) is 19.0 Å². The third-order valence-electron chi connectivity index (χ3n) is 10.6. The molecule has 2 atom stereocenters. The molecule has 0 radical (unpaired) electrons. The number of rotatable bonds is 45. The number of ether oxygens (including phenoxy) is 2. The van der Waals surface area contributed by atoms with Crippen LogP contribution in [0.1, 0.15) is 213 Å². The summed E-state index contributed by atoms with van der Waals surface area (Å²) in [5, 5.41) is 0. The van der Waals surface area contributed by atoms with Crippen LogP contribution in [0.4, 0.5) is 0 Å². The van der Waals surface area contributed by atoms with Crippen molar-refractivity contribution in [3.05, 3.63) is 48.6 Å². The zero-order chi connectivity index (χ0) is 45.0. The third kappa shape index (κ3) is 47.3. The fourth-order valence-electron chi connectivity index (χ4n) is 6.79. The maximum absolute atomic E-state index is 12.6. The van der Waals surface area contributed by atoms with Crippen LogP contribution in [0, 0.1) is 0 Å². The molecule has 0 aromatic rings. The molecule has 0 heterocycles. The van der Waals surface area contributed by atoms with Crippen molar-refractivity contribution in [2.75, 3.05) is 47.5 Å². The number of likely N-dealkylation sites (N-methyl/N-ethyl adjacent to an activating group) is 1. The maximum Gasteiger partial charge on any atom is 0.306 e. The predicted octanol–water partition coefficient (Wildman–Crippen LogP) is 14.0. The summed E-state index contributed by atoms with van der Waals surface area (Å²) in [5.74, 6) is -0.923. The summed E-state index contributed by atoms with van der Waals surface area (Å²) in [7, 11) is 1.12. The van der Waals surface area contributed by atoms with Crippen molar-refractivity contribution in [1.29, 1.82) is 0 Å². The van der Waals surface area contributed by atoms with Gasteiger partial charge in [0.2, 0.25) is 0 Å². The molecule has 0 aromatic heterocycles. The molecule has 0 aromatic carbocycles. The average Bonchev–Trinajstić information content (AvgIpc) is 3.21. The quantitative estimate of drug-likeness (QED) is 0.0195. The Balaban J connectivity index is 4.20. The fraction of sp³-hybridized carbons (Fsp3) is 0.804. The number of hydrogen-bond acceptors (Lipinski definition) is 8. The topological polar surface area (TPSA) is 111 Å². The van der Waals surface area contributed by atoms with Gasteiger partial charge in [-0.05, 0) is 38.5 Å². The average molecular weight is 880 g/mol. The van der Waals surface area contributed by atoms with Crippen LogP contribution < -0.4 is 4.89 Å². The molecule has 0 aliphatic rings. The Kier molecular flexibility index (Phi) is 41.8. The summed E-state index contributed by atoms with van der Waals surface area (Å²) >= 11 is 0. The van der Waals surface area contributed by atoms with E-state index in [2.05, 4.69) is 50.3 Å². The summed E-state index contributed by atoms with van der Waals surface area (Å²) in [6.45, 7) is 4.05. The van der Waals surface area contributed by atoms with Crippen LogP contribution in [-0.2, 0) is 32.7 Å². The lowest BCUT2D eigenvalue weighted by atomic mass is 10.0. The van der Waals surface area contributed by atoms with Crippen LogP contribution in [0.2, 0.25) is 0 Å². The van der Waals surface area contributed by atoms with Crippen molar-refractivity contribution in [1.82, 2.24) is 0 Å². The molecule has 0 fully saturated rings. The maximum atomic E-state index is 12.6. The number of carbonyl (C=O) groups excluding carboxylic acids is 2. The molecule has 0 rings (SSSR count). The van der Waals surface area contributed by atoms with Crippen molar-refractivity contribution in [2.24, 2.45) is 0 Å². The number of esters is 2. The Morgan fingerprint density at radius 1 is 0.525 bits per heavy atom. The second kappa shape index (κ2) is 43.2. The van der Waals surface area contributed by atoms with Crippen LogP contribution in [0.5, 0.6) is 0 Å². The van der Waals surface area contributed by atoms with E-state index in [-0.39, 0.29) is 26.1 Å². The lowest BCUT2D eigenvalue weighted by Gasteiger charge is -2.28. The number of phosphoric acid groups is 1. The monoisotopic (exact) mass is 880 g/mol. The zero-order valence-corrected chi connectivity index (χ0v) is 41.0. The minimum atomic E-state index is -4.64. The molecule has 0 saturated heterocycles. The summed E-state index contributed by atoms with van der Waals surface area (Å²) in [6, 6.07) is 0. The largest absolute Gasteiger partial charge is 0.756 e. The minimum absolute atomic E-state index is 0.0435. The molecule has 61 heavy (non-hydrogen) atoms. The molecule has 2 unspecified atom stereocenters. The van der Waals surface area contributed by atoms with Crippen LogP contribution in [0.25, 0.3) is 0 Å². The van der Waals surface area contributed by atoms with Gasteiger partial charge in [0.25, 0.3) is 7.82 Å². The lowest BCUT2D eigenvalue weighted by molar-refractivity contribution is -0.870. The highest BCUT2D eigenvalue weighted by atomic mass is 31.2. The van der Waals surface area contributed by atoms with E-state index in [0.29, 0.717) is 17.4 Å². The second-order valence-corrected chi connectivity index (χ2v) is 19.2. The zero-order valence-electron chi connectivity index (χ0n) is 40.1. The van der Waals surface area contributed by atoms with Gasteiger partial charge in [-0.25, -0.2) is 0 Å². The highest BCUT2D eigenvalue weighted by Crippen LogP contribution is 2.38. The van der Waals surface area contributed by atoms with E-state index in [1.807, 2.05) is 33.3 Å². The third-order valence-corrected chi connectivity index (χ3v) is 11.6. The Hall–Kier alpha value is -2.03. The first-order valence-corrected chi connectivity index (χ1v) is 26.3. The summed E-state index contributed by atoms with van der Waals surface area (Å²) < 4.78 is 33.9. The number of unbranched alkanes of at least 4 members (excludes halogenated alkanes) is 23. The molecule has 0 amide bonds. The van der Waals surface area contributed by atoms with Gasteiger partial charge in [-0.15, -0.1) is 0 Å². The first-order chi connectivity index (χ1) is 29.5. The van der Waals surface area contributed by atoms with E-state index in [1.165, 1.54) is 135 Å². The van der Waals surface area contributed by atoms with Crippen molar-refractivity contribution in [3.63, 3.8) is 0 Å². The van der Waals surface area contributed by atoms with Crippen LogP contribution in [0.3, 0.4) is 0 Å². The van der Waals surface area contributed by atoms with Crippen molar-refractivity contribution in [2.45, 2.75) is 219 Å². The molecule has 0 aliphatic carbocycles. The number of allylic oxidation sites excluding steroid dienone is 8. The van der Waals surface area contributed by atoms with Gasteiger partial charge in [-0.3, -0.25) is 14.2 Å². The number of phosphoric ester groups is 1. The van der Waals surface area contributed by atoms with Crippen LogP contribution in [-0.4, -0.2) is 70.0 Å². The number of carbonyl (C=O) groups is 2. The fourth-order valence-corrected chi connectivity index (χ4v) is 7.52. The van der Waals surface area contributed by atoms with Crippen LogP contribution in [0.15, 0.2) is 48.6 Å². The first kappa shape index (κ1) is 59.0. The predicted molar refractivity (Wildman–Crippen MR) is 254 cm³/mol. The number of nitrogens with zero attached hydrogens (tertiary/aromatic N) is 1. The molecule has 9 nitrogen and oxygen atoms in total. The SMILES string of the molecule is CC/C=C\C/C=C\C/C=C\C/C=C\CCC(=O)OC(COC(=O)CCCCCCCCCCCCCCCCCCCCCCCCCC)COP(=O)([O-])OCC[N+](C)(C)C. The highest BCUT2D eigenvalue weighted by Gasteiger charge is 2.21. The van der Waals surface area contributed by atoms with Crippen molar-refractivity contribution >= 4 is 19.8 Å². The molecule has 356 valence electrons. The number of hydrogen-bond donors (Lipinski definition) is 0. The lowest BCUT2D eigenvalue weighted by Crippen LogP contribution is -2.37. The summed E-state index contributed by atoms with van der Waals surface area (Å²) in [4.78, 5) is 37.6. The smallest absolute Gasteiger partial charge is 0.306 e. The second-order valence-electron chi connectivity index (χ2n) is 17.8. The van der Waals surface area contributed by atoms with Gasteiger partial charge >= 0.3 is 11.9 Å². The molecular formula is C51H94NO8P. The van der Waals surface area contributed by atoms with Gasteiger partial charge in [0.05, 0.1) is 27.7 Å². The summed E-state index contributed by atoms with van der Waals surface area (Å²) in [6.07, 6.45) is 51.8. The van der Waals surface area contributed by atoms with Gasteiger partial charge in [0.1, 0.15) is 19.8 Å². The molecule has 0 aliphatic heterocycles. The number of quaternary nitrogens is 1. The van der Waals surface area contributed by atoms with Gasteiger partial charge in [-0.1, -0.05) is 210 Å². The molecule has 10 heteroatoms. The first-order valence-electron chi connectivity index (χ1n) is 24.8. The van der Waals surface area contributed by atoms with Crippen molar-refractivity contribution in [3.8, 4) is 0 Å². The Morgan fingerprint density at radius 2 is 0.934 bits per heavy atom. The molecule has 0 bridgehead atoms. The van der Waals surface area contributed by atoms with Crippen LogP contribution >= 0.6 is 7.82 Å². The van der Waals surface area contributed by atoms with E-state index in [1.54, 1.807) is 0 Å². The summed E-state index contributed by atoms with van der Waals surface area (Å²) in [5.41, 5.74) is 0. The van der Waals surface area contributed by atoms with Gasteiger partial charge < -0.3 is 27.9 Å². The van der Waals surface area contributed by atoms with Gasteiger partial charge in [0.15, 0.2) is 6.10 Å². The van der Waals surface area contributed by atoms with E-state index >= 15 is 0 Å². The Morgan fingerprint density at radius 3 is 1.36 bits per heavy atom. The van der Waals surface area contributed by atoms with Gasteiger partial charge in [0, 0.05) is 12.8 Å². The molecular weight excluding hydrogens is 786 g/mol.